The molecule has 0 spiro atoms. The zero-order chi connectivity index (χ0) is 19.9. The predicted molar refractivity (Wildman–Crippen MR) is 110 cm³/mol. The minimum Gasteiger partial charge on any atom is -0.497 e. The Morgan fingerprint density at radius 2 is 1.79 bits per heavy atom. The van der Waals surface area contributed by atoms with Gasteiger partial charge in [-0.3, -0.25) is 19.3 Å². The number of hydrogen-bond donors (Lipinski definition) is 0. The Bertz CT molecular complexity index is 793. The van der Waals surface area contributed by atoms with E-state index in [-0.39, 0.29) is 12.5 Å². The number of allylic oxidation sites excluding steroid dienone is 2. The van der Waals surface area contributed by atoms with Gasteiger partial charge < -0.3 is 9.64 Å². The minimum absolute atomic E-state index is 0.153. The summed E-state index contributed by atoms with van der Waals surface area (Å²) in [5, 5.41) is -0.391. The number of carbonyl (C=O) groups is 3. The number of hydrogen-bond acceptors (Lipinski definition) is 5. The molecule has 0 unspecified atom stereocenters. The first-order valence-electron chi connectivity index (χ1n) is 9.42. The number of methoxy groups -OCH3 is 1. The summed E-state index contributed by atoms with van der Waals surface area (Å²) < 4.78 is 5.12. The van der Waals surface area contributed by atoms with E-state index >= 15 is 0 Å². The molecule has 2 heterocycles. The Kier molecular flexibility index (Phi) is 6.92. The van der Waals surface area contributed by atoms with E-state index in [1.807, 2.05) is 30.3 Å². The van der Waals surface area contributed by atoms with Crippen molar-refractivity contribution in [1.29, 1.82) is 0 Å². The summed E-state index contributed by atoms with van der Waals surface area (Å²) in [4.78, 5) is 40.4. The lowest BCUT2D eigenvalue weighted by Gasteiger charge is -2.22. The van der Waals surface area contributed by atoms with E-state index in [1.165, 1.54) is 0 Å². The molecule has 0 aliphatic carbocycles. The zero-order valence-corrected chi connectivity index (χ0v) is 16.7. The number of benzene rings is 1. The number of nitrogens with zero attached hydrogens (tertiary/aromatic N) is 2. The minimum atomic E-state index is -0.405. The monoisotopic (exact) mass is 400 g/mol. The SMILES string of the molecule is COc1ccc(C=CC=C2SC(=O)N(CC(=O)N3CCCCCC3)C2=O)cc1. The van der Waals surface area contributed by atoms with Crippen LogP contribution in [-0.4, -0.2) is 53.6 Å². The van der Waals surface area contributed by atoms with Crippen molar-refractivity contribution in [3.8, 4) is 5.75 Å². The van der Waals surface area contributed by atoms with E-state index < -0.39 is 11.1 Å². The van der Waals surface area contributed by atoms with Gasteiger partial charge in [0.25, 0.3) is 11.1 Å². The number of likely N-dealkylation sites (tertiary alicyclic amines) is 1. The van der Waals surface area contributed by atoms with E-state index in [9.17, 15) is 14.4 Å². The van der Waals surface area contributed by atoms with Gasteiger partial charge >= 0.3 is 0 Å². The molecule has 0 saturated carbocycles. The van der Waals surface area contributed by atoms with E-state index in [4.69, 9.17) is 4.74 Å². The Labute approximate surface area is 169 Å². The van der Waals surface area contributed by atoms with Crippen LogP contribution in [0.15, 0.2) is 41.3 Å². The second-order valence-electron chi connectivity index (χ2n) is 6.72. The van der Waals surface area contributed by atoms with Crippen molar-refractivity contribution < 1.29 is 19.1 Å². The summed E-state index contributed by atoms with van der Waals surface area (Å²) in [5.74, 6) is 0.212. The predicted octanol–water partition coefficient (Wildman–Crippen LogP) is 3.69. The third-order valence-electron chi connectivity index (χ3n) is 4.78. The highest BCUT2D eigenvalue weighted by molar-refractivity contribution is 8.18. The average Bonchev–Trinajstić information content (AvgIpc) is 2.90. The van der Waals surface area contributed by atoms with Crippen molar-refractivity contribution in [2.75, 3.05) is 26.7 Å². The van der Waals surface area contributed by atoms with Gasteiger partial charge in [0.05, 0.1) is 12.0 Å². The summed E-state index contributed by atoms with van der Waals surface area (Å²) in [6.45, 7) is 1.23. The van der Waals surface area contributed by atoms with Gasteiger partial charge in [-0.2, -0.15) is 0 Å². The van der Waals surface area contributed by atoms with Crippen LogP contribution in [0.25, 0.3) is 6.08 Å². The second-order valence-corrected chi connectivity index (χ2v) is 7.71. The van der Waals surface area contributed by atoms with Crippen LogP contribution in [0.5, 0.6) is 5.75 Å². The van der Waals surface area contributed by atoms with Gasteiger partial charge in [0.1, 0.15) is 12.3 Å². The van der Waals surface area contributed by atoms with Gasteiger partial charge in [-0.15, -0.1) is 0 Å². The molecule has 0 atom stereocenters. The first kappa shape index (κ1) is 20.2. The molecule has 0 radical (unpaired) electrons. The Morgan fingerprint density at radius 1 is 1.11 bits per heavy atom. The van der Waals surface area contributed by atoms with Crippen LogP contribution in [0.4, 0.5) is 4.79 Å². The molecule has 0 N–H and O–H groups in total. The van der Waals surface area contributed by atoms with Crippen LogP contribution in [-0.2, 0) is 9.59 Å². The van der Waals surface area contributed by atoms with Crippen LogP contribution < -0.4 is 4.74 Å². The lowest BCUT2D eigenvalue weighted by Crippen LogP contribution is -2.42. The largest absolute Gasteiger partial charge is 0.497 e. The quantitative estimate of drug-likeness (QED) is 0.705. The van der Waals surface area contributed by atoms with Crippen molar-refractivity contribution in [2.24, 2.45) is 0 Å². The number of ether oxygens (including phenoxy) is 1. The normalized spacial score (nSPS) is 19.5. The Balaban J connectivity index is 1.61. The number of amides is 3. The van der Waals surface area contributed by atoms with E-state index in [0.717, 1.165) is 53.7 Å². The molecular formula is C21H24N2O4S. The van der Waals surface area contributed by atoms with E-state index in [1.54, 1.807) is 24.2 Å². The van der Waals surface area contributed by atoms with Gasteiger partial charge in [0.2, 0.25) is 5.91 Å². The molecule has 0 aromatic heterocycles. The van der Waals surface area contributed by atoms with Crippen molar-refractivity contribution >= 4 is 34.9 Å². The molecule has 3 rings (SSSR count). The molecule has 2 aliphatic rings. The molecule has 3 amide bonds. The average molecular weight is 401 g/mol. The van der Waals surface area contributed by atoms with Crippen LogP contribution in [0.2, 0.25) is 0 Å². The maximum atomic E-state index is 12.5. The first-order chi connectivity index (χ1) is 13.6. The second kappa shape index (κ2) is 9.59. The molecule has 2 saturated heterocycles. The number of thioether (sulfide) groups is 1. The standard InChI is InChI=1S/C21H24N2O4S/c1-27-17-11-9-16(10-12-17)7-6-8-18-20(25)23(21(26)28-18)15-19(24)22-13-4-2-3-5-14-22/h6-12H,2-5,13-15H2,1H3. The summed E-state index contributed by atoms with van der Waals surface area (Å²) in [5.41, 5.74) is 0.951. The number of rotatable bonds is 5. The maximum absolute atomic E-state index is 12.5. The van der Waals surface area contributed by atoms with E-state index in [0.29, 0.717) is 18.0 Å². The van der Waals surface area contributed by atoms with Crippen LogP contribution in [0.3, 0.4) is 0 Å². The molecule has 1 aromatic carbocycles. The molecule has 6 nitrogen and oxygen atoms in total. The Morgan fingerprint density at radius 3 is 2.43 bits per heavy atom. The van der Waals surface area contributed by atoms with Gasteiger partial charge in [-0.1, -0.05) is 37.1 Å². The molecule has 1 aromatic rings. The van der Waals surface area contributed by atoms with Crippen molar-refractivity contribution in [2.45, 2.75) is 25.7 Å². The van der Waals surface area contributed by atoms with Crippen LogP contribution >= 0.6 is 11.8 Å². The highest BCUT2D eigenvalue weighted by atomic mass is 32.2. The molecule has 148 valence electrons. The van der Waals surface area contributed by atoms with Crippen LogP contribution in [0, 0.1) is 0 Å². The summed E-state index contributed by atoms with van der Waals surface area (Å²) in [6, 6.07) is 7.49. The fourth-order valence-corrected chi connectivity index (χ4v) is 3.96. The lowest BCUT2D eigenvalue weighted by molar-refractivity contribution is -0.135. The number of imide groups is 1. The topological polar surface area (TPSA) is 66.9 Å². The summed E-state index contributed by atoms with van der Waals surface area (Å²) in [7, 11) is 1.61. The fourth-order valence-electron chi connectivity index (χ4n) is 3.17. The molecule has 0 bridgehead atoms. The molecule has 2 fully saturated rings. The third-order valence-corrected chi connectivity index (χ3v) is 5.70. The van der Waals surface area contributed by atoms with Gasteiger partial charge in [-0.05, 0) is 48.4 Å². The van der Waals surface area contributed by atoms with Gasteiger partial charge in [0.15, 0.2) is 0 Å². The highest BCUT2D eigenvalue weighted by Crippen LogP contribution is 2.30. The van der Waals surface area contributed by atoms with Crippen molar-refractivity contribution in [1.82, 2.24) is 9.80 Å². The Hall–Kier alpha value is -2.54. The molecule has 2 aliphatic heterocycles. The summed E-state index contributed by atoms with van der Waals surface area (Å²) in [6.07, 6.45) is 9.38. The smallest absolute Gasteiger partial charge is 0.294 e. The van der Waals surface area contributed by atoms with Gasteiger partial charge in [0, 0.05) is 13.1 Å². The molecule has 7 heteroatoms. The molecular weight excluding hydrogens is 376 g/mol. The van der Waals surface area contributed by atoms with Crippen molar-refractivity contribution in [3.63, 3.8) is 0 Å². The third kappa shape index (κ3) is 5.04. The van der Waals surface area contributed by atoms with Crippen molar-refractivity contribution in [3.05, 3.63) is 46.9 Å². The maximum Gasteiger partial charge on any atom is 0.294 e. The van der Waals surface area contributed by atoms with E-state index in [2.05, 4.69) is 0 Å². The first-order valence-corrected chi connectivity index (χ1v) is 10.2. The fraction of sp³-hybridized carbons (Fsp3) is 0.381. The van der Waals surface area contributed by atoms with Crippen LogP contribution in [0.1, 0.15) is 31.2 Å². The lowest BCUT2D eigenvalue weighted by atomic mass is 10.2. The number of carbonyl (C=O) groups excluding carboxylic acids is 3. The summed E-state index contributed by atoms with van der Waals surface area (Å²) >= 11 is 0.872. The molecule has 28 heavy (non-hydrogen) atoms. The highest BCUT2D eigenvalue weighted by Gasteiger charge is 2.36. The van der Waals surface area contributed by atoms with Gasteiger partial charge in [-0.25, -0.2) is 0 Å². The zero-order valence-electron chi connectivity index (χ0n) is 15.9.